The molecule has 112 valence electrons. The summed E-state index contributed by atoms with van der Waals surface area (Å²) in [5, 5.41) is 20.0. The van der Waals surface area contributed by atoms with Gasteiger partial charge in [0, 0.05) is 13.2 Å². The molecule has 0 spiro atoms. The Morgan fingerprint density at radius 2 is 2.15 bits per heavy atom. The summed E-state index contributed by atoms with van der Waals surface area (Å²) in [6.07, 6.45) is 0. The number of nitro groups is 1. The van der Waals surface area contributed by atoms with Crippen molar-refractivity contribution in [3.63, 3.8) is 0 Å². The van der Waals surface area contributed by atoms with Gasteiger partial charge in [-0.05, 0) is 12.5 Å². The number of hydrogen-bond donors (Lipinski definition) is 2. The number of benzene rings is 1. The Morgan fingerprint density at radius 1 is 1.50 bits per heavy atom. The second kappa shape index (κ2) is 6.75. The molecule has 0 fully saturated rings. The first-order valence-corrected chi connectivity index (χ1v) is 7.18. The number of nitrogens with zero attached hydrogens (tertiary/aromatic N) is 1. The number of hydrogen-bond acceptors (Lipinski definition) is 6. The van der Waals surface area contributed by atoms with Crippen molar-refractivity contribution in [2.75, 3.05) is 20.3 Å². The van der Waals surface area contributed by atoms with Crippen LogP contribution in [0.3, 0.4) is 0 Å². The SMILES string of the molecule is COCC(CO)NS(=O)(=O)c1c(C)cccc1[N+](=O)[O-]. The molecule has 9 heteroatoms. The van der Waals surface area contributed by atoms with Crippen LogP contribution in [0.4, 0.5) is 5.69 Å². The minimum absolute atomic E-state index is 0.0462. The summed E-state index contributed by atoms with van der Waals surface area (Å²) in [5.41, 5.74) is -0.257. The van der Waals surface area contributed by atoms with Crippen LogP contribution < -0.4 is 4.72 Å². The van der Waals surface area contributed by atoms with Gasteiger partial charge in [-0.1, -0.05) is 12.1 Å². The minimum Gasteiger partial charge on any atom is -0.395 e. The fourth-order valence-corrected chi connectivity index (χ4v) is 3.34. The Morgan fingerprint density at radius 3 is 2.65 bits per heavy atom. The van der Waals surface area contributed by atoms with Gasteiger partial charge in [-0.25, -0.2) is 13.1 Å². The lowest BCUT2D eigenvalue weighted by Crippen LogP contribution is -2.40. The molecule has 1 aromatic carbocycles. The molecule has 0 aliphatic rings. The molecule has 0 radical (unpaired) electrons. The van der Waals surface area contributed by atoms with Gasteiger partial charge in [-0.2, -0.15) is 0 Å². The van der Waals surface area contributed by atoms with E-state index in [4.69, 9.17) is 9.84 Å². The van der Waals surface area contributed by atoms with E-state index in [1.165, 1.54) is 26.2 Å². The van der Waals surface area contributed by atoms with Gasteiger partial charge < -0.3 is 9.84 Å². The molecule has 0 aliphatic heterocycles. The zero-order valence-corrected chi connectivity index (χ0v) is 11.9. The minimum atomic E-state index is -4.13. The highest BCUT2D eigenvalue weighted by atomic mass is 32.2. The summed E-state index contributed by atoms with van der Waals surface area (Å²) in [6.45, 7) is 0.938. The van der Waals surface area contributed by atoms with Crippen LogP contribution in [0.1, 0.15) is 5.56 Å². The third kappa shape index (κ3) is 3.73. The number of methoxy groups -OCH3 is 1. The van der Waals surface area contributed by atoms with Gasteiger partial charge in [0.1, 0.15) is 0 Å². The van der Waals surface area contributed by atoms with Crippen molar-refractivity contribution in [1.29, 1.82) is 0 Å². The molecule has 1 rings (SSSR count). The van der Waals surface area contributed by atoms with Gasteiger partial charge in [0.15, 0.2) is 4.90 Å². The molecule has 0 aromatic heterocycles. The monoisotopic (exact) mass is 304 g/mol. The smallest absolute Gasteiger partial charge is 0.289 e. The summed E-state index contributed by atoms with van der Waals surface area (Å²) in [5.74, 6) is 0. The molecule has 0 saturated heterocycles. The largest absolute Gasteiger partial charge is 0.395 e. The van der Waals surface area contributed by atoms with Crippen molar-refractivity contribution in [1.82, 2.24) is 4.72 Å². The summed E-state index contributed by atoms with van der Waals surface area (Å²) >= 11 is 0. The number of sulfonamides is 1. The normalized spacial score (nSPS) is 13.2. The lowest BCUT2D eigenvalue weighted by molar-refractivity contribution is -0.387. The Hall–Kier alpha value is -1.55. The number of ether oxygens (including phenoxy) is 1. The van der Waals surface area contributed by atoms with E-state index in [1.807, 2.05) is 0 Å². The van der Waals surface area contributed by atoms with Crippen molar-refractivity contribution >= 4 is 15.7 Å². The number of aliphatic hydroxyl groups is 1. The Labute approximate surface area is 116 Å². The Kier molecular flexibility index (Phi) is 5.57. The molecular weight excluding hydrogens is 288 g/mol. The van der Waals surface area contributed by atoms with Crippen LogP contribution in [0, 0.1) is 17.0 Å². The van der Waals surface area contributed by atoms with E-state index in [9.17, 15) is 18.5 Å². The maximum Gasteiger partial charge on any atom is 0.289 e. The van der Waals surface area contributed by atoms with Crippen molar-refractivity contribution in [2.24, 2.45) is 0 Å². The predicted molar refractivity (Wildman–Crippen MR) is 70.9 cm³/mol. The first-order valence-electron chi connectivity index (χ1n) is 5.69. The van der Waals surface area contributed by atoms with E-state index >= 15 is 0 Å². The second-order valence-electron chi connectivity index (χ2n) is 4.14. The van der Waals surface area contributed by atoms with E-state index in [0.29, 0.717) is 0 Å². The third-order valence-electron chi connectivity index (χ3n) is 2.57. The molecule has 1 aromatic rings. The van der Waals surface area contributed by atoms with E-state index in [0.717, 1.165) is 6.07 Å². The molecule has 0 amide bonds. The van der Waals surface area contributed by atoms with Crippen LogP contribution in [-0.4, -0.2) is 44.8 Å². The molecule has 0 saturated carbocycles. The van der Waals surface area contributed by atoms with Crippen molar-refractivity contribution < 1.29 is 23.2 Å². The van der Waals surface area contributed by atoms with Gasteiger partial charge in [0.25, 0.3) is 5.69 Å². The summed E-state index contributed by atoms with van der Waals surface area (Å²) in [7, 11) is -2.78. The zero-order valence-electron chi connectivity index (χ0n) is 11.1. The highest BCUT2D eigenvalue weighted by molar-refractivity contribution is 7.89. The molecule has 1 atom stereocenters. The molecule has 1 unspecified atom stereocenters. The molecule has 0 aliphatic carbocycles. The quantitative estimate of drug-likeness (QED) is 0.548. The van der Waals surface area contributed by atoms with E-state index in [-0.39, 0.29) is 12.2 Å². The maximum atomic E-state index is 12.2. The van der Waals surface area contributed by atoms with Crippen LogP contribution >= 0.6 is 0 Å². The average molecular weight is 304 g/mol. The van der Waals surface area contributed by atoms with Crippen LogP contribution in [0.25, 0.3) is 0 Å². The highest BCUT2D eigenvalue weighted by Gasteiger charge is 2.29. The fraction of sp³-hybridized carbons (Fsp3) is 0.455. The van der Waals surface area contributed by atoms with Gasteiger partial charge in [-0.15, -0.1) is 0 Å². The summed E-state index contributed by atoms with van der Waals surface area (Å²) in [4.78, 5) is 9.78. The second-order valence-corrected chi connectivity index (χ2v) is 5.79. The number of nitrogens with one attached hydrogen (secondary N) is 1. The first-order chi connectivity index (χ1) is 9.33. The molecular formula is C11H16N2O6S. The van der Waals surface area contributed by atoms with Crippen molar-refractivity contribution in [3.8, 4) is 0 Å². The predicted octanol–water partition coefficient (Wildman–Crippen LogP) is 0.189. The lowest BCUT2D eigenvalue weighted by atomic mass is 10.2. The van der Waals surface area contributed by atoms with E-state index in [1.54, 1.807) is 0 Å². The number of aryl methyl sites for hydroxylation is 1. The molecule has 2 N–H and O–H groups in total. The summed E-state index contributed by atoms with van der Waals surface area (Å²) in [6, 6.07) is 3.12. The number of nitro benzene ring substituents is 1. The Balaban J connectivity index is 3.25. The van der Waals surface area contributed by atoms with Gasteiger partial charge in [0.05, 0.1) is 24.2 Å². The molecule has 0 heterocycles. The fourth-order valence-electron chi connectivity index (χ4n) is 1.73. The van der Waals surface area contributed by atoms with E-state index < -0.39 is 38.2 Å². The lowest BCUT2D eigenvalue weighted by Gasteiger charge is -2.16. The van der Waals surface area contributed by atoms with Crippen LogP contribution in [0.15, 0.2) is 23.1 Å². The molecule has 0 bridgehead atoms. The maximum absolute atomic E-state index is 12.2. The summed E-state index contributed by atoms with van der Waals surface area (Å²) < 4.78 is 31.4. The van der Waals surface area contributed by atoms with Crippen LogP contribution in [0.5, 0.6) is 0 Å². The van der Waals surface area contributed by atoms with Crippen LogP contribution in [0.2, 0.25) is 0 Å². The highest BCUT2D eigenvalue weighted by Crippen LogP contribution is 2.26. The Bertz CT molecular complexity index is 587. The number of aliphatic hydroxyl groups excluding tert-OH is 1. The van der Waals surface area contributed by atoms with Gasteiger partial charge in [-0.3, -0.25) is 10.1 Å². The van der Waals surface area contributed by atoms with Gasteiger partial charge in [0.2, 0.25) is 10.0 Å². The average Bonchev–Trinajstić information content (AvgIpc) is 2.37. The van der Waals surface area contributed by atoms with Crippen LogP contribution in [-0.2, 0) is 14.8 Å². The van der Waals surface area contributed by atoms with E-state index in [2.05, 4.69) is 4.72 Å². The molecule has 8 nitrogen and oxygen atoms in total. The van der Waals surface area contributed by atoms with Gasteiger partial charge >= 0.3 is 0 Å². The zero-order chi connectivity index (χ0) is 15.3. The molecule has 20 heavy (non-hydrogen) atoms. The van der Waals surface area contributed by atoms with Crippen molar-refractivity contribution in [3.05, 3.63) is 33.9 Å². The topological polar surface area (TPSA) is 119 Å². The third-order valence-corrected chi connectivity index (χ3v) is 4.28. The standard InChI is InChI=1S/C11H16N2O6S/c1-8-4-3-5-10(13(15)16)11(8)20(17,18)12-9(6-14)7-19-2/h3-5,9,12,14H,6-7H2,1-2H3. The number of rotatable bonds is 7. The first kappa shape index (κ1) is 16.5. The van der Waals surface area contributed by atoms with Crippen molar-refractivity contribution in [2.45, 2.75) is 17.9 Å².